The van der Waals surface area contributed by atoms with Crippen molar-refractivity contribution in [3.05, 3.63) is 83.9 Å². The van der Waals surface area contributed by atoms with Gasteiger partial charge in [-0.1, -0.05) is 61.5 Å². The molecule has 0 radical (unpaired) electrons. The highest BCUT2D eigenvalue weighted by Gasteiger charge is 2.31. The van der Waals surface area contributed by atoms with E-state index in [1.807, 2.05) is 55.1 Å². The molecule has 0 fully saturated rings. The number of fused-ring (bicyclic) bond motifs is 1. The average Bonchev–Trinajstić information content (AvgIpc) is 2.96. The van der Waals surface area contributed by atoms with Crippen molar-refractivity contribution in [1.82, 2.24) is 9.80 Å². The lowest BCUT2D eigenvalue weighted by molar-refractivity contribution is -0.134. The van der Waals surface area contributed by atoms with E-state index in [0.29, 0.717) is 13.1 Å². The Labute approximate surface area is 227 Å². The Balaban J connectivity index is 1.53. The molecule has 1 heterocycles. The maximum absolute atomic E-state index is 13.3. The topological polar surface area (TPSA) is 56.3 Å². The average molecular weight is 516 g/mol. The molecule has 0 bridgehead atoms. The van der Waals surface area contributed by atoms with Gasteiger partial charge in [-0.15, -0.1) is 0 Å². The van der Waals surface area contributed by atoms with E-state index < -0.39 is 0 Å². The Morgan fingerprint density at radius 2 is 1.68 bits per heavy atom. The van der Waals surface area contributed by atoms with Gasteiger partial charge in [0.1, 0.15) is 11.9 Å². The normalized spacial score (nSPS) is 18.7. The molecule has 1 aliphatic rings. The van der Waals surface area contributed by atoms with Gasteiger partial charge in [-0.3, -0.25) is 9.69 Å². The Kier molecular flexibility index (Phi) is 9.08. The number of benzene rings is 3. The summed E-state index contributed by atoms with van der Waals surface area (Å²) in [7, 11) is 6.10. The highest BCUT2D eigenvalue weighted by atomic mass is 16.5. The summed E-state index contributed by atoms with van der Waals surface area (Å²) in [5.74, 6) is 0.863. The van der Waals surface area contributed by atoms with E-state index >= 15 is 0 Å². The van der Waals surface area contributed by atoms with Crippen LogP contribution in [-0.2, 0) is 17.8 Å². The third-order valence-corrected chi connectivity index (χ3v) is 7.42. The molecule has 1 amide bonds. The number of aliphatic hydroxyl groups is 1. The fourth-order valence-corrected chi connectivity index (χ4v) is 5.03. The lowest BCUT2D eigenvalue weighted by atomic mass is 10.0. The van der Waals surface area contributed by atoms with Crippen molar-refractivity contribution in [3.8, 4) is 16.9 Å². The van der Waals surface area contributed by atoms with Crippen molar-refractivity contribution in [3.63, 3.8) is 0 Å². The number of carbonyl (C=O) groups is 1. The molecule has 0 saturated carbocycles. The van der Waals surface area contributed by atoms with Crippen LogP contribution in [0, 0.1) is 5.92 Å². The SMILES string of the molecule is C[C@H]1CN([C@@H](C)CO)C(=O)Cc2cc(N(C)C)ccc2O[C@@H]1CN(C)Cc1ccc(-c2ccccc2)cc1. The maximum atomic E-state index is 13.3. The number of ether oxygens (including phenoxy) is 1. The van der Waals surface area contributed by atoms with Crippen LogP contribution in [0.15, 0.2) is 72.8 Å². The van der Waals surface area contributed by atoms with Crippen LogP contribution in [0.4, 0.5) is 5.69 Å². The van der Waals surface area contributed by atoms with Crippen LogP contribution >= 0.6 is 0 Å². The van der Waals surface area contributed by atoms with Gasteiger partial charge in [-0.05, 0) is 48.9 Å². The molecule has 3 atom stereocenters. The van der Waals surface area contributed by atoms with Gasteiger partial charge in [0.2, 0.25) is 5.91 Å². The Morgan fingerprint density at radius 3 is 2.34 bits per heavy atom. The van der Waals surface area contributed by atoms with Crippen molar-refractivity contribution < 1.29 is 14.6 Å². The summed E-state index contributed by atoms with van der Waals surface area (Å²) < 4.78 is 6.66. The van der Waals surface area contributed by atoms with Crippen LogP contribution in [-0.4, -0.2) is 73.8 Å². The molecule has 202 valence electrons. The third-order valence-electron chi connectivity index (χ3n) is 7.42. The second-order valence-electron chi connectivity index (χ2n) is 10.8. The van der Waals surface area contributed by atoms with Crippen LogP contribution in [0.3, 0.4) is 0 Å². The number of nitrogens with zero attached hydrogens (tertiary/aromatic N) is 3. The predicted molar refractivity (Wildman–Crippen MR) is 155 cm³/mol. The summed E-state index contributed by atoms with van der Waals surface area (Å²) >= 11 is 0. The highest BCUT2D eigenvalue weighted by Crippen LogP contribution is 2.30. The van der Waals surface area contributed by atoms with Gasteiger partial charge < -0.3 is 19.6 Å². The number of aliphatic hydroxyl groups excluding tert-OH is 1. The summed E-state index contributed by atoms with van der Waals surface area (Å²) in [5, 5.41) is 9.86. The minimum atomic E-state index is -0.245. The van der Waals surface area contributed by atoms with E-state index in [4.69, 9.17) is 4.74 Å². The van der Waals surface area contributed by atoms with E-state index in [1.165, 1.54) is 16.7 Å². The number of rotatable bonds is 8. The number of hydrogen-bond donors (Lipinski definition) is 1. The molecular formula is C32H41N3O3. The summed E-state index contributed by atoms with van der Waals surface area (Å²) in [6.07, 6.45) is 0.136. The zero-order valence-corrected chi connectivity index (χ0v) is 23.3. The molecule has 0 aromatic heterocycles. The maximum Gasteiger partial charge on any atom is 0.227 e. The fraction of sp³-hybridized carbons (Fsp3) is 0.406. The van der Waals surface area contributed by atoms with Crippen molar-refractivity contribution in [1.29, 1.82) is 0 Å². The van der Waals surface area contributed by atoms with E-state index in [9.17, 15) is 9.90 Å². The van der Waals surface area contributed by atoms with E-state index in [-0.39, 0.29) is 37.0 Å². The molecule has 0 saturated heterocycles. The lowest BCUT2D eigenvalue weighted by Crippen LogP contribution is -2.47. The number of anilines is 1. The van der Waals surface area contributed by atoms with Crippen LogP contribution < -0.4 is 9.64 Å². The monoisotopic (exact) mass is 515 g/mol. The Morgan fingerprint density at radius 1 is 1.00 bits per heavy atom. The molecule has 6 nitrogen and oxygen atoms in total. The van der Waals surface area contributed by atoms with Gasteiger partial charge in [0.05, 0.1) is 19.1 Å². The van der Waals surface area contributed by atoms with Gasteiger partial charge in [-0.2, -0.15) is 0 Å². The summed E-state index contributed by atoms with van der Waals surface area (Å²) in [5.41, 5.74) is 5.58. The number of carbonyl (C=O) groups excluding carboxylic acids is 1. The van der Waals surface area contributed by atoms with Crippen molar-refractivity contribution in [2.45, 2.75) is 39.0 Å². The molecule has 3 aromatic carbocycles. The third kappa shape index (κ3) is 6.74. The van der Waals surface area contributed by atoms with Crippen LogP contribution in [0.1, 0.15) is 25.0 Å². The largest absolute Gasteiger partial charge is 0.488 e. The highest BCUT2D eigenvalue weighted by molar-refractivity contribution is 5.80. The second-order valence-corrected chi connectivity index (χ2v) is 10.8. The molecule has 0 aliphatic carbocycles. The summed E-state index contributed by atoms with van der Waals surface area (Å²) in [4.78, 5) is 19.5. The van der Waals surface area contributed by atoms with Gasteiger partial charge in [-0.25, -0.2) is 0 Å². The molecule has 0 unspecified atom stereocenters. The Hall–Kier alpha value is -3.35. The van der Waals surface area contributed by atoms with Crippen molar-refractivity contribution in [2.75, 3.05) is 45.7 Å². The van der Waals surface area contributed by atoms with Crippen molar-refractivity contribution in [2.24, 2.45) is 5.92 Å². The van der Waals surface area contributed by atoms with Gasteiger partial charge in [0, 0.05) is 50.9 Å². The van der Waals surface area contributed by atoms with Gasteiger partial charge >= 0.3 is 0 Å². The van der Waals surface area contributed by atoms with Crippen LogP contribution in [0.5, 0.6) is 5.75 Å². The Bertz CT molecular complexity index is 1200. The summed E-state index contributed by atoms with van der Waals surface area (Å²) in [6.45, 7) is 6.03. The van der Waals surface area contributed by atoms with E-state index in [0.717, 1.165) is 23.5 Å². The fourth-order valence-electron chi connectivity index (χ4n) is 5.03. The van der Waals surface area contributed by atoms with Gasteiger partial charge in [0.15, 0.2) is 0 Å². The zero-order chi connectivity index (χ0) is 27.2. The molecular weight excluding hydrogens is 474 g/mol. The molecule has 6 heteroatoms. The van der Waals surface area contributed by atoms with Gasteiger partial charge in [0.25, 0.3) is 0 Å². The van der Waals surface area contributed by atoms with E-state index in [1.54, 1.807) is 0 Å². The van der Waals surface area contributed by atoms with Crippen LogP contribution in [0.25, 0.3) is 11.1 Å². The first-order chi connectivity index (χ1) is 18.2. The quantitative estimate of drug-likeness (QED) is 0.471. The summed E-state index contributed by atoms with van der Waals surface area (Å²) in [6, 6.07) is 25.0. The smallest absolute Gasteiger partial charge is 0.227 e. The predicted octanol–water partition coefficient (Wildman–Crippen LogP) is 4.70. The van der Waals surface area contributed by atoms with Crippen LogP contribution in [0.2, 0.25) is 0 Å². The standard InChI is InChI=1S/C32H41N3O3/c1-23-19-35(24(2)22-36)32(37)18-28-17-29(33(3)4)15-16-30(28)38-31(23)21-34(5)20-25-11-13-27(14-12-25)26-9-7-6-8-10-26/h6-17,23-24,31,36H,18-22H2,1-5H3/t23-,24-,31+/m0/s1. The number of amides is 1. The van der Waals surface area contributed by atoms with E-state index in [2.05, 4.69) is 67.4 Å². The molecule has 1 N–H and O–H groups in total. The molecule has 0 spiro atoms. The molecule has 4 rings (SSSR count). The van der Waals surface area contributed by atoms with Crippen molar-refractivity contribution >= 4 is 11.6 Å². The number of hydrogen-bond acceptors (Lipinski definition) is 5. The minimum absolute atomic E-state index is 0.0201. The first kappa shape index (κ1) is 27.7. The first-order valence-corrected chi connectivity index (χ1v) is 13.4. The molecule has 3 aromatic rings. The molecule has 38 heavy (non-hydrogen) atoms. The zero-order valence-electron chi connectivity index (χ0n) is 23.3. The lowest BCUT2D eigenvalue weighted by Gasteiger charge is -2.34. The second kappa shape index (κ2) is 12.5. The minimum Gasteiger partial charge on any atom is -0.488 e. The first-order valence-electron chi connectivity index (χ1n) is 13.4. The molecule has 1 aliphatic heterocycles. The number of likely N-dealkylation sites (N-methyl/N-ethyl adjacent to an activating group) is 1.